The van der Waals surface area contributed by atoms with E-state index in [1.165, 1.54) is 13.2 Å². The van der Waals surface area contributed by atoms with Crippen LogP contribution in [0.5, 0.6) is 0 Å². The van der Waals surface area contributed by atoms with Crippen LogP contribution in [-0.4, -0.2) is 47.2 Å². The van der Waals surface area contributed by atoms with Gasteiger partial charge in [-0.2, -0.15) is 0 Å². The van der Waals surface area contributed by atoms with E-state index in [9.17, 15) is 14.4 Å². The average molecular weight is 421 g/mol. The third-order valence-electron chi connectivity index (χ3n) is 5.80. The summed E-state index contributed by atoms with van der Waals surface area (Å²) < 4.78 is 16.4. The van der Waals surface area contributed by atoms with Gasteiger partial charge in [0.2, 0.25) is 0 Å². The van der Waals surface area contributed by atoms with Crippen LogP contribution in [0, 0.1) is 13.8 Å². The fourth-order valence-electron chi connectivity index (χ4n) is 4.23. The summed E-state index contributed by atoms with van der Waals surface area (Å²) in [7, 11) is 1.25. The van der Waals surface area contributed by atoms with E-state index in [1.807, 2.05) is 0 Å². The van der Waals surface area contributed by atoms with Crippen molar-refractivity contribution in [2.24, 2.45) is 0 Å². The highest BCUT2D eigenvalue weighted by atomic mass is 16.5. The molecule has 5 rings (SSSR count). The number of carbonyl (C=O) groups excluding carboxylic acids is 2. The van der Waals surface area contributed by atoms with Gasteiger partial charge in [0.25, 0.3) is 5.91 Å². The largest absolute Gasteiger partial charge is 0.464 e. The zero-order valence-electron chi connectivity index (χ0n) is 17.3. The molecule has 0 saturated carbocycles. The molecule has 1 amide bonds. The average Bonchev–Trinajstić information content (AvgIpc) is 3.42. The van der Waals surface area contributed by atoms with Gasteiger partial charge in [0.15, 0.2) is 17.0 Å². The molecule has 4 aromatic rings. The molecule has 0 atom stereocenters. The third-order valence-corrected chi connectivity index (χ3v) is 5.80. The van der Waals surface area contributed by atoms with Crippen LogP contribution < -0.4 is 5.63 Å². The molecule has 9 nitrogen and oxygen atoms in total. The van der Waals surface area contributed by atoms with E-state index in [-0.39, 0.29) is 22.9 Å². The minimum absolute atomic E-state index is 0.0389. The number of methoxy groups -OCH3 is 1. The molecule has 1 aliphatic rings. The molecule has 158 valence electrons. The normalized spacial score (nSPS) is 14.1. The van der Waals surface area contributed by atoms with Crippen LogP contribution in [0.3, 0.4) is 0 Å². The summed E-state index contributed by atoms with van der Waals surface area (Å²) in [5.74, 6) is -0.982. The van der Waals surface area contributed by atoms with Crippen LogP contribution in [0.25, 0.3) is 32.9 Å². The van der Waals surface area contributed by atoms with Gasteiger partial charge >= 0.3 is 11.6 Å². The number of hydrogen-bond acceptors (Lipinski definition) is 8. The fraction of sp³-hybridized carbons (Fsp3) is 0.318. The Bertz CT molecular complexity index is 1460. The van der Waals surface area contributed by atoms with E-state index in [1.54, 1.807) is 24.8 Å². The molecule has 0 radical (unpaired) electrons. The molecular formula is C22H19N3O6. The maximum atomic E-state index is 13.1. The lowest BCUT2D eigenvalue weighted by Crippen LogP contribution is -2.29. The van der Waals surface area contributed by atoms with Crippen LogP contribution in [0.15, 0.2) is 25.8 Å². The summed E-state index contributed by atoms with van der Waals surface area (Å²) in [6, 6.07) is 3.18. The second kappa shape index (κ2) is 6.90. The number of benzene rings is 1. The summed E-state index contributed by atoms with van der Waals surface area (Å²) in [6.07, 6.45) is 1.84. The predicted molar refractivity (Wildman–Crippen MR) is 111 cm³/mol. The second-order valence-corrected chi connectivity index (χ2v) is 7.70. The molecule has 4 heterocycles. The number of aryl methyl sites for hydroxylation is 2. The van der Waals surface area contributed by atoms with Gasteiger partial charge in [-0.3, -0.25) is 4.79 Å². The molecule has 9 heteroatoms. The highest BCUT2D eigenvalue weighted by Gasteiger charge is 2.30. The highest BCUT2D eigenvalue weighted by Crippen LogP contribution is 2.38. The monoisotopic (exact) mass is 421 g/mol. The predicted octanol–water partition coefficient (Wildman–Crippen LogP) is 3.12. The zero-order chi connectivity index (χ0) is 21.9. The smallest absolute Gasteiger partial charge is 0.359 e. The van der Waals surface area contributed by atoms with Crippen molar-refractivity contribution < 1.29 is 23.2 Å². The Hall–Kier alpha value is -3.75. The van der Waals surface area contributed by atoms with Crippen molar-refractivity contribution in [1.82, 2.24) is 15.1 Å². The Morgan fingerprint density at radius 2 is 1.65 bits per heavy atom. The van der Waals surface area contributed by atoms with Gasteiger partial charge in [-0.05, 0) is 38.3 Å². The van der Waals surface area contributed by atoms with E-state index in [0.29, 0.717) is 46.0 Å². The van der Waals surface area contributed by atoms with Gasteiger partial charge in [0.1, 0.15) is 11.2 Å². The summed E-state index contributed by atoms with van der Waals surface area (Å²) in [4.78, 5) is 39.1. The third kappa shape index (κ3) is 2.80. The topological polar surface area (TPSA) is 116 Å². The summed E-state index contributed by atoms with van der Waals surface area (Å²) >= 11 is 0. The van der Waals surface area contributed by atoms with Crippen molar-refractivity contribution in [2.45, 2.75) is 26.7 Å². The van der Waals surface area contributed by atoms with Gasteiger partial charge in [0.05, 0.1) is 12.5 Å². The van der Waals surface area contributed by atoms with Crippen molar-refractivity contribution in [3.63, 3.8) is 0 Å². The summed E-state index contributed by atoms with van der Waals surface area (Å²) in [6.45, 7) is 4.83. The van der Waals surface area contributed by atoms with Crippen molar-refractivity contribution in [1.29, 1.82) is 0 Å². The number of carbonyl (C=O) groups is 2. The standard InChI is InChI=1S/C22H19N3O6/c1-10-8-14(26)30-18-11(2)19-13(9-12(10)18)15-16(22(28)29-3)23-24-17(20(15)31-19)21(27)25-6-4-5-7-25/h8-9H,4-7H2,1-3H3. The van der Waals surface area contributed by atoms with Crippen LogP contribution in [0.2, 0.25) is 0 Å². The molecule has 0 N–H and O–H groups in total. The highest BCUT2D eigenvalue weighted by molar-refractivity contribution is 6.20. The lowest BCUT2D eigenvalue weighted by molar-refractivity contribution is 0.0594. The van der Waals surface area contributed by atoms with E-state index < -0.39 is 11.6 Å². The molecule has 1 fully saturated rings. The minimum atomic E-state index is -0.686. The van der Waals surface area contributed by atoms with Gasteiger partial charge in [-0.15, -0.1) is 10.2 Å². The van der Waals surface area contributed by atoms with Crippen LogP contribution >= 0.6 is 0 Å². The minimum Gasteiger partial charge on any atom is -0.464 e. The van der Waals surface area contributed by atoms with E-state index in [2.05, 4.69) is 10.2 Å². The number of aromatic nitrogens is 2. The maximum Gasteiger partial charge on any atom is 0.359 e. The van der Waals surface area contributed by atoms with Gasteiger partial charge in [-0.1, -0.05) is 0 Å². The first kappa shape index (κ1) is 19.2. The molecule has 31 heavy (non-hydrogen) atoms. The Morgan fingerprint density at radius 1 is 0.968 bits per heavy atom. The Kier molecular flexibility index (Phi) is 4.28. The van der Waals surface area contributed by atoms with E-state index in [4.69, 9.17) is 13.6 Å². The maximum absolute atomic E-state index is 13.1. The quantitative estimate of drug-likeness (QED) is 0.358. The Morgan fingerprint density at radius 3 is 2.35 bits per heavy atom. The number of ether oxygens (including phenoxy) is 1. The molecule has 1 aromatic carbocycles. The van der Waals surface area contributed by atoms with Crippen LogP contribution in [0.1, 0.15) is 44.9 Å². The molecule has 0 aliphatic carbocycles. The summed E-state index contributed by atoms with van der Waals surface area (Å²) in [5.41, 5.74) is 1.80. The number of rotatable bonds is 2. The van der Waals surface area contributed by atoms with Crippen molar-refractivity contribution in [3.8, 4) is 0 Å². The van der Waals surface area contributed by atoms with Crippen molar-refractivity contribution in [2.75, 3.05) is 20.2 Å². The number of likely N-dealkylation sites (tertiary alicyclic amines) is 1. The number of amides is 1. The van der Waals surface area contributed by atoms with Crippen LogP contribution in [0.4, 0.5) is 0 Å². The van der Waals surface area contributed by atoms with Crippen LogP contribution in [-0.2, 0) is 4.74 Å². The SMILES string of the molecule is COC(=O)c1nnc(C(=O)N2CCCC2)c2oc3c(C)c4oc(=O)cc(C)c4cc3c12. The first-order valence-corrected chi connectivity index (χ1v) is 9.95. The molecule has 0 unspecified atom stereocenters. The molecule has 0 spiro atoms. The van der Waals surface area contributed by atoms with Crippen molar-refractivity contribution >= 4 is 44.8 Å². The number of nitrogens with zero attached hydrogens (tertiary/aromatic N) is 3. The fourth-order valence-corrected chi connectivity index (χ4v) is 4.23. The number of fused-ring (bicyclic) bond motifs is 4. The Labute approximate surface area is 175 Å². The summed E-state index contributed by atoms with van der Waals surface area (Å²) in [5, 5.41) is 9.70. The first-order valence-electron chi connectivity index (χ1n) is 9.95. The number of furan rings is 1. The van der Waals surface area contributed by atoms with E-state index >= 15 is 0 Å². The Balaban J connectivity index is 1.91. The lowest BCUT2D eigenvalue weighted by atomic mass is 10.0. The molecule has 1 aliphatic heterocycles. The molecule has 0 bridgehead atoms. The number of esters is 1. The number of hydrogen-bond donors (Lipinski definition) is 0. The zero-order valence-corrected chi connectivity index (χ0v) is 17.3. The van der Waals surface area contributed by atoms with Gasteiger partial charge in [0, 0.05) is 35.5 Å². The molecular weight excluding hydrogens is 402 g/mol. The first-order chi connectivity index (χ1) is 14.9. The lowest BCUT2D eigenvalue weighted by Gasteiger charge is -2.14. The van der Waals surface area contributed by atoms with Crippen molar-refractivity contribution in [3.05, 3.63) is 45.1 Å². The molecule has 1 saturated heterocycles. The van der Waals surface area contributed by atoms with Gasteiger partial charge < -0.3 is 18.5 Å². The van der Waals surface area contributed by atoms with Gasteiger partial charge in [-0.25, -0.2) is 9.59 Å². The van der Waals surface area contributed by atoms with E-state index in [0.717, 1.165) is 18.4 Å². The second-order valence-electron chi connectivity index (χ2n) is 7.70. The molecule has 3 aromatic heterocycles.